The van der Waals surface area contributed by atoms with Crippen LogP contribution in [0.1, 0.15) is 115 Å². The Morgan fingerprint density at radius 3 is 2.26 bits per heavy atom. The van der Waals surface area contributed by atoms with Crippen LogP contribution in [-0.2, 0) is 14.4 Å². The van der Waals surface area contributed by atoms with Crippen LogP contribution in [0.2, 0.25) is 0 Å². The fourth-order valence-electron chi connectivity index (χ4n) is 6.57. The SMILES string of the molecule is CC(=O)Nc1ccc(O)cc1.CCCC(=O)Nc1ccc(OCC(O)CNC(C)C)c(C(C)=O)c1.Nc1nc(NC2CC2)c2ncn([C@H]3C=C[C@@H](CO)C3)c2n1.O=C(O)CCCCC(S)CCS. The summed E-state index contributed by atoms with van der Waals surface area (Å²) in [4.78, 5) is 57.2. The number of carbonyl (C=O) groups excluding carboxylic acids is 3. The molecule has 2 amide bonds. The van der Waals surface area contributed by atoms with E-state index in [0.29, 0.717) is 46.9 Å². The summed E-state index contributed by atoms with van der Waals surface area (Å²) < 4.78 is 7.59. The molecule has 2 heterocycles. The first-order valence-corrected chi connectivity index (χ1v) is 24.2. The van der Waals surface area contributed by atoms with Crippen LogP contribution in [-0.4, -0.2) is 112 Å². The number of hydrogen-bond donors (Lipinski definition) is 11. The highest BCUT2D eigenvalue weighted by Crippen LogP contribution is 2.33. The molecule has 4 aromatic rings. The number of phenolic OH excluding ortho intramolecular Hbond substituents is 1. The molecule has 0 aliphatic heterocycles. The molecule has 6 rings (SSSR count). The lowest BCUT2D eigenvalue weighted by Gasteiger charge is -2.17. The first kappa shape index (κ1) is 56.9. The van der Waals surface area contributed by atoms with Crippen LogP contribution in [0.5, 0.6) is 11.5 Å². The number of aliphatic hydroxyl groups is 2. The summed E-state index contributed by atoms with van der Waals surface area (Å²) in [5.41, 5.74) is 8.99. The minimum atomic E-state index is -0.708. The van der Waals surface area contributed by atoms with Crippen molar-refractivity contribution in [3.05, 3.63) is 66.5 Å². The number of phenols is 1. The average Bonchev–Trinajstić information content (AvgIpc) is 3.79. The number of nitrogen functional groups attached to an aromatic ring is 1. The first-order valence-electron chi connectivity index (χ1n) is 23.0. The van der Waals surface area contributed by atoms with Gasteiger partial charge in [0.15, 0.2) is 22.8 Å². The summed E-state index contributed by atoms with van der Waals surface area (Å²) >= 11 is 8.43. The van der Waals surface area contributed by atoms with Crippen LogP contribution in [0.25, 0.3) is 11.2 Å². The van der Waals surface area contributed by atoms with Gasteiger partial charge in [0.05, 0.1) is 17.9 Å². The van der Waals surface area contributed by atoms with Gasteiger partial charge in [-0.1, -0.05) is 39.3 Å². The standard InChI is InChI=1S/C18H28N2O4.C14H18N6O.C8H9NO2.C8H16O2S2/c1-5-6-18(23)20-14-7-8-17(16(9-14)13(4)21)24-11-15(22)10-19-12(2)3;15-14-18-12(17-9-2-3-9)11-13(19-14)20(7-16-11)10-4-1-8(5-10)6-21;1-6(10)9-7-2-4-8(11)5-3-7;9-8(10)4-2-1-3-7(12)5-6-11/h7-9,12,15,19,22H,5-6,10-11H2,1-4H3,(H,20,23);1,4,7-10,21H,2-3,5-6H2,(H3,15,17,18,19);2-5,11H,1H3,(H,9,10);7,11-12H,1-6H2,(H,9,10)/t;8-,10+;;/m.1../s1. The van der Waals surface area contributed by atoms with Gasteiger partial charge in [-0.3, -0.25) is 19.2 Å². The number of benzene rings is 2. The second kappa shape index (κ2) is 30.2. The molecule has 18 nitrogen and oxygen atoms in total. The Morgan fingerprint density at radius 1 is 0.971 bits per heavy atom. The second-order valence-corrected chi connectivity index (χ2v) is 18.1. The Balaban J connectivity index is 0.000000253. The number of thiol groups is 2. The van der Waals surface area contributed by atoms with Gasteiger partial charge in [0.25, 0.3) is 0 Å². The number of ether oxygens (including phenoxy) is 1. The fraction of sp³-hybridized carbons (Fsp3) is 0.521. The minimum absolute atomic E-state index is 0.0849. The molecule has 2 aromatic heterocycles. The summed E-state index contributed by atoms with van der Waals surface area (Å²) in [6.07, 6.45) is 13.6. The van der Waals surface area contributed by atoms with Gasteiger partial charge in [-0.2, -0.15) is 35.2 Å². The van der Waals surface area contributed by atoms with E-state index in [9.17, 15) is 29.4 Å². The number of unbranched alkanes of at least 4 members (excludes halogenated alkanes) is 1. The molecule has 0 radical (unpaired) electrons. The zero-order chi connectivity index (χ0) is 50.2. The molecular formula is C48H71N9O9S2. The molecule has 2 unspecified atom stereocenters. The number of aromatic nitrogens is 4. The van der Waals surface area contributed by atoms with E-state index in [1.165, 1.54) is 26.0 Å². The number of aromatic hydroxyl groups is 1. The van der Waals surface area contributed by atoms with Gasteiger partial charge in [0, 0.05) is 67.5 Å². The van der Waals surface area contributed by atoms with E-state index in [1.54, 1.807) is 36.7 Å². The number of carbonyl (C=O) groups is 4. The molecule has 374 valence electrons. The number of nitrogens with zero attached hydrogens (tertiary/aromatic N) is 4. The van der Waals surface area contributed by atoms with Crippen LogP contribution in [0.4, 0.5) is 23.1 Å². The van der Waals surface area contributed by atoms with Gasteiger partial charge in [-0.25, -0.2) is 4.98 Å². The molecular weight excluding hydrogens is 911 g/mol. The number of rotatable bonds is 22. The quantitative estimate of drug-likeness (QED) is 0.0124. The molecule has 1 saturated carbocycles. The number of Topliss-reactive ketones (excluding diaryl/α,β-unsaturated/α-hetero) is 1. The third-order valence-corrected chi connectivity index (χ3v) is 11.0. The second-order valence-electron chi connectivity index (χ2n) is 16.9. The highest BCUT2D eigenvalue weighted by molar-refractivity contribution is 7.81. The number of hydrogen-bond acceptors (Lipinski definition) is 16. The van der Waals surface area contributed by atoms with Gasteiger partial charge in [0.1, 0.15) is 24.2 Å². The smallest absolute Gasteiger partial charge is 0.303 e. The van der Waals surface area contributed by atoms with Crippen LogP contribution >= 0.6 is 25.3 Å². The number of amides is 2. The van der Waals surface area contributed by atoms with Crippen molar-refractivity contribution in [1.82, 2.24) is 24.8 Å². The number of nitrogens with two attached hydrogens (primary N) is 1. The van der Waals surface area contributed by atoms with Crippen LogP contribution in [0, 0.1) is 5.92 Å². The normalized spacial score (nSPS) is 15.7. The van der Waals surface area contributed by atoms with Gasteiger partial charge in [0.2, 0.25) is 17.8 Å². The van der Waals surface area contributed by atoms with Crippen molar-refractivity contribution in [3.63, 3.8) is 0 Å². The molecule has 2 aliphatic rings. The number of nitrogens with one attached hydrogen (secondary N) is 4. The molecule has 2 aliphatic carbocycles. The van der Waals surface area contributed by atoms with E-state index < -0.39 is 12.1 Å². The molecule has 2 aromatic carbocycles. The molecule has 10 N–H and O–H groups in total. The summed E-state index contributed by atoms with van der Waals surface area (Å²) in [7, 11) is 0. The summed E-state index contributed by atoms with van der Waals surface area (Å²) in [6, 6.07) is 12.2. The topological polar surface area (TPSA) is 276 Å². The maximum absolute atomic E-state index is 11.8. The molecule has 0 saturated heterocycles. The van der Waals surface area contributed by atoms with Gasteiger partial charge < -0.3 is 56.7 Å². The van der Waals surface area contributed by atoms with Crippen LogP contribution < -0.4 is 31.7 Å². The lowest BCUT2D eigenvalue weighted by atomic mass is 10.1. The summed E-state index contributed by atoms with van der Waals surface area (Å²) in [5.74, 6) is 1.56. The van der Waals surface area contributed by atoms with E-state index in [0.717, 1.165) is 74.1 Å². The molecule has 4 atom stereocenters. The van der Waals surface area contributed by atoms with Gasteiger partial charge >= 0.3 is 5.97 Å². The van der Waals surface area contributed by atoms with E-state index >= 15 is 0 Å². The Hall–Kier alpha value is -5.41. The molecule has 68 heavy (non-hydrogen) atoms. The third kappa shape index (κ3) is 21.7. The Morgan fingerprint density at radius 2 is 1.68 bits per heavy atom. The zero-order valence-corrected chi connectivity index (χ0v) is 41.5. The van der Waals surface area contributed by atoms with Crippen molar-refractivity contribution in [2.24, 2.45) is 5.92 Å². The number of anilines is 4. The zero-order valence-electron chi connectivity index (χ0n) is 39.7. The Labute approximate surface area is 410 Å². The molecule has 0 spiro atoms. The predicted molar refractivity (Wildman–Crippen MR) is 274 cm³/mol. The van der Waals surface area contributed by atoms with Crippen molar-refractivity contribution in [3.8, 4) is 11.5 Å². The van der Waals surface area contributed by atoms with Gasteiger partial charge in [-0.15, -0.1) is 0 Å². The number of imidazole rings is 1. The maximum Gasteiger partial charge on any atom is 0.303 e. The van der Waals surface area contributed by atoms with E-state index in [4.69, 9.17) is 20.7 Å². The number of carboxylic acids is 1. The minimum Gasteiger partial charge on any atom is -0.508 e. The number of allylic oxidation sites excluding steroid dienone is 1. The van der Waals surface area contributed by atoms with Crippen molar-refractivity contribution >= 4 is 83.1 Å². The van der Waals surface area contributed by atoms with Crippen LogP contribution in [0.15, 0.2) is 60.9 Å². The highest BCUT2D eigenvalue weighted by Gasteiger charge is 2.26. The lowest BCUT2D eigenvalue weighted by molar-refractivity contribution is -0.137. The molecule has 20 heteroatoms. The maximum atomic E-state index is 11.8. The number of aliphatic carboxylic acids is 1. The van der Waals surface area contributed by atoms with E-state index in [2.05, 4.69) is 67.6 Å². The van der Waals surface area contributed by atoms with Crippen molar-refractivity contribution in [2.45, 2.75) is 128 Å². The summed E-state index contributed by atoms with van der Waals surface area (Å²) in [6.45, 7) is 9.46. The van der Waals surface area contributed by atoms with E-state index in [1.807, 2.05) is 31.4 Å². The average molecular weight is 982 g/mol. The Bertz CT molecular complexity index is 2220. The van der Waals surface area contributed by atoms with E-state index in [-0.39, 0.29) is 66.9 Å². The lowest BCUT2D eigenvalue weighted by Crippen LogP contribution is -2.35. The predicted octanol–water partition coefficient (Wildman–Crippen LogP) is 7.06. The van der Waals surface area contributed by atoms with Gasteiger partial charge in [-0.05, 0) is 100 Å². The van der Waals surface area contributed by atoms with Crippen molar-refractivity contribution in [1.29, 1.82) is 0 Å². The number of ketones is 1. The third-order valence-electron chi connectivity index (χ3n) is 10.2. The first-order chi connectivity index (χ1) is 32.4. The number of fused-ring (bicyclic) bond motifs is 1. The summed E-state index contributed by atoms with van der Waals surface area (Å²) in [5, 5.41) is 48.6. The van der Waals surface area contributed by atoms with Crippen molar-refractivity contribution < 1.29 is 44.3 Å². The fourth-order valence-corrected chi connectivity index (χ4v) is 7.39. The molecule has 1 fully saturated rings. The van der Waals surface area contributed by atoms with Crippen LogP contribution in [0.3, 0.4) is 0 Å². The highest BCUT2D eigenvalue weighted by atomic mass is 32.1. The monoisotopic (exact) mass is 981 g/mol. The Kier molecular flexibility index (Phi) is 25.2. The number of carboxylic acid groups (broad SMARTS) is 1. The van der Waals surface area contributed by atoms with Crippen molar-refractivity contribution in [2.75, 3.05) is 47.2 Å². The largest absolute Gasteiger partial charge is 0.508 e. The number of aliphatic hydroxyl groups excluding tert-OH is 2. The molecule has 0 bridgehead atoms.